The second-order valence-electron chi connectivity index (χ2n) is 7.82. The first-order valence-electron chi connectivity index (χ1n) is 11.1. The molecule has 3 heteroatoms. The van der Waals surface area contributed by atoms with Crippen LogP contribution in [0, 0.1) is 0 Å². The zero-order valence-corrected chi connectivity index (χ0v) is 18.7. The van der Waals surface area contributed by atoms with Crippen molar-refractivity contribution in [1.82, 2.24) is 4.90 Å². The van der Waals surface area contributed by atoms with Gasteiger partial charge in [-0.2, -0.15) is 0 Å². The Morgan fingerprint density at radius 2 is 1.42 bits per heavy atom. The molecule has 3 nitrogen and oxygen atoms in total. The lowest BCUT2D eigenvalue weighted by Crippen LogP contribution is -2.27. The molecule has 0 fully saturated rings. The van der Waals surface area contributed by atoms with Crippen molar-refractivity contribution in [3.8, 4) is 11.5 Å². The van der Waals surface area contributed by atoms with Crippen LogP contribution < -0.4 is 9.47 Å². The van der Waals surface area contributed by atoms with Crippen molar-refractivity contribution in [2.75, 3.05) is 33.4 Å². The summed E-state index contributed by atoms with van der Waals surface area (Å²) in [6.07, 6.45) is 0.944. The highest BCUT2D eigenvalue weighted by molar-refractivity contribution is 6.03. The molecule has 0 spiro atoms. The molecule has 31 heavy (non-hydrogen) atoms. The van der Waals surface area contributed by atoms with Crippen LogP contribution in [0.4, 0.5) is 0 Å². The van der Waals surface area contributed by atoms with Gasteiger partial charge < -0.3 is 14.4 Å². The van der Waals surface area contributed by atoms with Crippen LogP contribution in [0.1, 0.15) is 36.1 Å². The highest BCUT2D eigenvalue weighted by atomic mass is 16.5. The highest BCUT2D eigenvalue weighted by Gasteiger charge is 2.23. The summed E-state index contributed by atoms with van der Waals surface area (Å²) in [6, 6.07) is 25.7. The molecule has 0 saturated heterocycles. The standard InChI is InChI=1S/C28H31NO2/c1-4-29(5-2)18-19-31-25-16-12-22(13-17-25)28-26-9-7-6-8-23(26)20-27(28)21-10-14-24(30-3)15-11-21/h6-17H,4-5,18-20H2,1-3H3. The van der Waals surface area contributed by atoms with E-state index < -0.39 is 0 Å². The van der Waals surface area contributed by atoms with Gasteiger partial charge in [-0.05, 0) is 77.2 Å². The van der Waals surface area contributed by atoms with Crippen molar-refractivity contribution in [3.63, 3.8) is 0 Å². The number of benzene rings is 3. The summed E-state index contributed by atoms with van der Waals surface area (Å²) >= 11 is 0. The Hall–Kier alpha value is -3.04. The third kappa shape index (κ3) is 4.67. The fourth-order valence-corrected chi connectivity index (χ4v) is 4.28. The Balaban J connectivity index is 1.61. The van der Waals surface area contributed by atoms with Crippen molar-refractivity contribution in [2.45, 2.75) is 20.3 Å². The molecule has 0 unspecified atom stereocenters. The molecule has 0 radical (unpaired) electrons. The maximum atomic E-state index is 5.99. The molecule has 3 aromatic rings. The molecule has 0 atom stereocenters. The van der Waals surface area contributed by atoms with Gasteiger partial charge in [0.25, 0.3) is 0 Å². The summed E-state index contributed by atoms with van der Waals surface area (Å²) < 4.78 is 11.3. The van der Waals surface area contributed by atoms with E-state index >= 15 is 0 Å². The molecule has 4 rings (SSSR count). The molecule has 0 heterocycles. The van der Waals surface area contributed by atoms with Gasteiger partial charge in [0, 0.05) is 6.54 Å². The number of hydrogen-bond acceptors (Lipinski definition) is 3. The van der Waals surface area contributed by atoms with Crippen LogP contribution in [0.15, 0.2) is 72.8 Å². The van der Waals surface area contributed by atoms with Gasteiger partial charge in [0.15, 0.2) is 0 Å². The summed E-state index contributed by atoms with van der Waals surface area (Å²) in [4.78, 5) is 2.37. The van der Waals surface area contributed by atoms with E-state index in [9.17, 15) is 0 Å². The Bertz CT molecular complexity index is 1030. The zero-order chi connectivity index (χ0) is 21.6. The predicted molar refractivity (Wildman–Crippen MR) is 129 cm³/mol. The van der Waals surface area contributed by atoms with Crippen LogP contribution >= 0.6 is 0 Å². The van der Waals surface area contributed by atoms with Crippen molar-refractivity contribution < 1.29 is 9.47 Å². The van der Waals surface area contributed by atoms with E-state index in [-0.39, 0.29) is 0 Å². The number of nitrogens with zero attached hydrogens (tertiary/aromatic N) is 1. The van der Waals surface area contributed by atoms with E-state index in [1.165, 1.54) is 33.4 Å². The minimum absolute atomic E-state index is 0.712. The van der Waals surface area contributed by atoms with Crippen molar-refractivity contribution in [2.24, 2.45) is 0 Å². The van der Waals surface area contributed by atoms with Crippen molar-refractivity contribution >= 4 is 11.1 Å². The molecule has 0 bridgehead atoms. The van der Waals surface area contributed by atoms with E-state index in [4.69, 9.17) is 9.47 Å². The largest absolute Gasteiger partial charge is 0.497 e. The molecule has 1 aliphatic rings. The first kappa shape index (κ1) is 21.2. The maximum Gasteiger partial charge on any atom is 0.119 e. The monoisotopic (exact) mass is 413 g/mol. The SMILES string of the molecule is CCN(CC)CCOc1ccc(C2=C(c3ccc(OC)cc3)Cc3ccccc32)cc1. The number of fused-ring (bicyclic) bond motifs is 1. The Morgan fingerprint density at radius 1 is 0.774 bits per heavy atom. The number of methoxy groups -OCH3 is 1. The van der Waals surface area contributed by atoms with E-state index in [1.807, 2.05) is 12.1 Å². The van der Waals surface area contributed by atoms with Gasteiger partial charge in [-0.1, -0.05) is 62.4 Å². The average molecular weight is 414 g/mol. The molecular formula is C28H31NO2. The molecule has 0 aliphatic heterocycles. The number of hydrogen-bond donors (Lipinski definition) is 0. The summed E-state index contributed by atoms with van der Waals surface area (Å²) in [7, 11) is 1.71. The quantitative estimate of drug-likeness (QED) is 0.434. The Morgan fingerprint density at radius 3 is 2.10 bits per heavy atom. The molecule has 0 saturated carbocycles. The van der Waals surface area contributed by atoms with Crippen molar-refractivity contribution in [1.29, 1.82) is 0 Å². The second-order valence-corrected chi connectivity index (χ2v) is 7.82. The first-order chi connectivity index (χ1) is 15.2. The summed E-state index contributed by atoms with van der Waals surface area (Å²) in [5, 5.41) is 0. The molecule has 0 amide bonds. The van der Waals surface area contributed by atoms with Crippen LogP contribution in [0.5, 0.6) is 11.5 Å². The van der Waals surface area contributed by atoms with Gasteiger partial charge >= 0.3 is 0 Å². The summed E-state index contributed by atoms with van der Waals surface area (Å²) in [6.45, 7) is 8.15. The predicted octanol–water partition coefficient (Wildman–Crippen LogP) is 5.93. The Kier molecular flexibility index (Phi) is 6.73. The minimum Gasteiger partial charge on any atom is -0.497 e. The molecule has 3 aromatic carbocycles. The Labute approximate surface area is 185 Å². The highest BCUT2D eigenvalue weighted by Crippen LogP contribution is 2.42. The zero-order valence-electron chi connectivity index (χ0n) is 18.7. The van der Waals surface area contributed by atoms with Crippen LogP contribution in [0.25, 0.3) is 11.1 Å². The molecule has 1 aliphatic carbocycles. The van der Waals surface area contributed by atoms with Crippen LogP contribution in [0.2, 0.25) is 0 Å². The van der Waals surface area contributed by atoms with E-state index in [0.29, 0.717) is 6.61 Å². The van der Waals surface area contributed by atoms with Gasteiger partial charge in [-0.3, -0.25) is 0 Å². The van der Waals surface area contributed by atoms with Gasteiger partial charge in [0.2, 0.25) is 0 Å². The van der Waals surface area contributed by atoms with Gasteiger partial charge in [-0.25, -0.2) is 0 Å². The number of rotatable bonds is 9. The lowest BCUT2D eigenvalue weighted by molar-refractivity contribution is 0.223. The summed E-state index contributed by atoms with van der Waals surface area (Å²) in [5.74, 6) is 1.81. The van der Waals surface area contributed by atoms with Crippen molar-refractivity contribution in [3.05, 3.63) is 95.1 Å². The van der Waals surface area contributed by atoms with Gasteiger partial charge in [0.1, 0.15) is 18.1 Å². The fraction of sp³-hybridized carbons (Fsp3) is 0.286. The lowest BCUT2D eigenvalue weighted by Gasteiger charge is -2.18. The number of ether oxygens (including phenoxy) is 2. The first-order valence-corrected chi connectivity index (χ1v) is 11.1. The lowest BCUT2D eigenvalue weighted by atomic mass is 9.94. The van der Waals surface area contributed by atoms with E-state index in [2.05, 4.69) is 79.4 Å². The van der Waals surface area contributed by atoms with Crippen LogP contribution in [-0.2, 0) is 6.42 Å². The third-order valence-electron chi connectivity index (χ3n) is 6.11. The van der Waals surface area contributed by atoms with Crippen LogP contribution in [0.3, 0.4) is 0 Å². The van der Waals surface area contributed by atoms with E-state index in [1.54, 1.807) is 7.11 Å². The van der Waals surface area contributed by atoms with Gasteiger partial charge in [0.05, 0.1) is 7.11 Å². The fourth-order valence-electron chi connectivity index (χ4n) is 4.28. The third-order valence-corrected chi connectivity index (χ3v) is 6.11. The minimum atomic E-state index is 0.712. The summed E-state index contributed by atoms with van der Waals surface area (Å²) in [5.41, 5.74) is 7.85. The van der Waals surface area contributed by atoms with Gasteiger partial charge in [-0.15, -0.1) is 0 Å². The second kappa shape index (κ2) is 9.84. The normalized spacial score (nSPS) is 12.9. The molecule has 0 aromatic heterocycles. The molecular weight excluding hydrogens is 382 g/mol. The maximum absolute atomic E-state index is 5.99. The number of allylic oxidation sites excluding steroid dienone is 1. The van der Waals surface area contributed by atoms with E-state index in [0.717, 1.165) is 37.6 Å². The molecule has 0 N–H and O–H groups in total. The number of likely N-dealkylation sites (N-methyl/N-ethyl adjacent to an activating group) is 1. The smallest absolute Gasteiger partial charge is 0.119 e. The molecule has 160 valence electrons. The van der Waals surface area contributed by atoms with Crippen LogP contribution in [-0.4, -0.2) is 38.3 Å². The average Bonchev–Trinajstić information content (AvgIpc) is 3.22. The topological polar surface area (TPSA) is 21.7 Å².